The van der Waals surface area contributed by atoms with Gasteiger partial charge in [-0.15, -0.1) is 24.0 Å². The summed E-state index contributed by atoms with van der Waals surface area (Å²) in [5.74, 6) is 2.06. The van der Waals surface area contributed by atoms with Gasteiger partial charge in [-0.3, -0.25) is 4.99 Å². The van der Waals surface area contributed by atoms with E-state index in [0.717, 1.165) is 34.4 Å². The number of fused-ring (bicyclic) bond motifs is 1. The van der Waals surface area contributed by atoms with Crippen molar-refractivity contribution in [1.29, 1.82) is 0 Å². The first-order valence-corrected chi connectivity index (χ1v) is 12.6. The number of sulfonamides is 1. The number of rotatable bonds is 8. The molecule has 0 spiro atoms. The van der Waals surface area contributed by atoms with E-state index in [1.807, 2.05) is 13.1 Å². The first kappa shape index (κ1) is 25.2. The maximum absolute atomic E-state index is 13.3. The minimum absolute atomic E-state index is 0. The lowest BCUT2D eigenvalue weighted by Crippen LogP contribution is -2.41. The fourth-order valence-electron chi connectivity index (χ4n) is 3.25. The van der Waals surface area contributed by atoms with Gasteiger partial charge in [0.1, 0.15) is 5.82 Å². The Bertz CT molecular complexity index is 946. The van der Waals surface area contributed by atoms with Crippen molar-refractivity contribution in [3.05, 3.63) is 35.8 Å². The number of thioether (sulfide) groups is 1. The van der Waals surface area contributed by atoms with Gasteiger partial charge in [-0.1, -0.05) is 0 Å². The number of nitrogens with zero attached hydrogens (tertiary/aromatic N) is 2. The molecular formula is C19H29FIN5O2S2. The summed E-state index contributed by atoms with van der Waals surface area (Å²) in [7, 11) is -3.26. The van der Waals surface area contributed by atoms with Gasteiger partial charge in [0.25, 0.3) is 0 Å². The molecule has 2 heterocycles. The zero-order chi connectivity index (χ0) is 20.7. The largest absolute Gasteiger partial charge is 0.361 e. The third-order valence-corrected chi connectivity index (χ3v) is 7.54. The number of hydrogen-bond acceptors (Lipinski definition) is 4. The Balaban J connectivity index is 0.00000320. The summed E-state index contributed by atoms with van der Waals surface area (Å²) in [5.41, 5.74) is 1.87. The summed E-state index contributed by atoms with van der Waals surface area (Å²) in [6, 6.07) is 4.72. The fraction of sp³-hybridized carbons (Fsp3) is 0.526. The Labute approximate surface area is 198 Å². The Kier molecular flexibility index (Phi) is 10.2. The van der Waals surface area contributed by atoms with E-state index in [1.165, 1.54) is 12.1 Å². The van der Waals surface area contributed by atoms with Gasteiger partial charge in [0.15, 0.2) is 5.96 Å². The van der Waals surface area contributed by atoms with Gasteiger partial charge >= 0.3 is 0 Å². The molecule has 0 radical (unpaired) electrons. The summed E-state index contributed by atoms with van der Waals surface area (Å²) in [6.45, 7) is 4.68. The molecule has 0 unspecified atom stereocenters. The third kappa shape index (κ3) is 6.99. The van der Waals surface area contributed by atoms with Crippen LogP contribution in [-0.4, -0.2) is 73.6 Å². The molecule has 1 aliphatic rings. The summed E-state index contributed by atoms with van der Waals surface area (Å²) in [5, 5.41) is 7.38. The predicted molar refractivity (Wildman–Crippen MR) is 134 cm³/mol. The number of guanidine groups is 1. The Hall–Kier alpha value is -1.05. The molecule has 3 rings (SSSR count). The van der Waals surface area contributed by atoms with Crippen molar-refractivity contribution >= 4 is 62.6 Å². The van der Waals surface area contributed by atoms with E-state index in [2.05, 4.69) is 20.6 Å². The average molecular weight is 570 g/mol. The normalized spacial score (nSPS) is 15.7. The molecule has 0 bridgehead atoms. The minimum atomic E-state index is -3.26. The zero-order valence-corrected chi connectivity index (χ0v) is 21.0. The molecule has 0 atom stereocenters. The van der Waals surface area contributed by atoms with E-state index >= 15 is 0 Å². The van der Waals surface area contributed by atoms with Gasteiger partial charge in [-0.05, 0) is 37.1 Å². The SMILES string of the molecule is CCNC(=NCCS(=O)(=O)N1CCSCC1)NCCc1c[nH]c2cc(F)ccc12.I. The predicted octanol–water partition coefficient (Wildman–Crippen LogP) is 2.40. The van der Waals surface area contributed by atoms with E-state index in [4.69, 9.17) is 0 Å². The lowest BCUT2D eigenvalue weighted by molar-refractivity contribution is 0.444. The molecular weight excluding hydrogens is 540 g/mol. The van der Waals surface area contributed by atoms with Crippen LogP contribution in [0.1, 0.15) is 12.5 Å². The molecule has 2 aromatic rings. The Morgan fingerprint density at radius 1 is 1.30 bits per heavy atom. The topological polar surface area (TPSA) is 89.6 Å². The minimum Gasteiger partial charge on any atom is -0.361 e. The first-order chi connectivity index (χ1) is 14.0. The van der Waals surface area contributed by atoms with Crippen molar-refractivity contribution in [3.8, 4) is 0 Å². The van der Waals surface area contributed by atoms with Crippen molar-refractivity contribution in [3.63, 3.8) is 0 Å². The van der Waals surface area contributed by atoms with E-state index in [9.17, 15) is 12.8 Å². The molecule has 30 heavy (non-hydrogen) atoms. The van der Waals surface area contributed by atoms with E-state index in [0.29, 0.717) is 32.1 Å². The summed E-state index contributed by atoms with van der Waals surface area (Å²) >= 11 is 1.78. The molecule has 7 nitrogen and oxygen atoms in total. The van der Waals surface area contributed by atoms with E-state index in [-0.39, 0.29) is 42.1 Å². The summed E-state index contributed by atoms with van der Waals surface area (Å²) < 4.78 is 39.7. The quantitative estimate of drug-likeness (QED) is 0.258. The second-order valence-electron chi connectivity index (χ2n) is 6.77. The number of aromatic nitrogens is 1. The van der Waals surface area contributed by atoms with E-state index < -0.39 is 10.0 Å². The van der Waals surface area contributed by atoms with Gasteiger partial charge in [0.2, 0.25) is 10.0 Å². The number of hydrogen-bond donors (Lipinski definition) is 3. The molecule has 3 N–H and O–H groups in total. The van der Waals surface area contributed by atoms with Crippen molar-refractivity contribution < 1.29 is 12.8 Å². The van der Waals surface area contributed by atoms with Crippen LogP contribution in [0.4, 0.5) is 4.39 Å². The van der Waals surface area contributed by atoms with Crippen LogP contribution in [0.2, 0.25) is 0 Å². The molecule has 0 saturated carbocycles. The Morgan fingerprint density at radius 2 is 2.07 bits per heavy atom. The van der Waals surface area contributed by atoms with Gasteiger partial charge in [0, 0.05) is 54.8 Å². The smallest absolute Gasteiger partial charge is 0.215 e. The van der Waals surface area contributed by atoms with Crippen LogP contribution in [0, 0.1) is 5.82 Å². The lowest BCUT2D eigenvalue weighted by Gasteiger charge is -2.25. The van der Waals surface area contributed by atoms with Gasteiger partial charge in [0.05, 0.1) is 12.3 Å². The highest BCUT2D eigenvalue weighted by Gasteiger charge is 2.23. The van der Waals surface area contributed by atoms with Crippen LogP contribution < -0.4 is 10.6 Å². The molecule has 11 heteroatoms. The van der Waals surface area contributed by atoms with Crippen LogP contribution in [-0.2, 0) is 16.4 Å². The fourth-order valence-corrected chi connectivity index (χ4v) is 5.70. The van der Waals surface area contributed by atoms with E-state index in [1.54, 1.807) is 22.1 Å². The van der Waals surface area contributed by atoms with Gasteiger partial charge in [-0.25, -0.2) is 17.1 Å². The highest BCUT2D eigenvalue weighted by molar-refractivity contribution is 14.0. The maximum atomic E-state index is 13.3. The summed E-state index contributed by atoms with van der Waals surface area (Å²) in [4.78, 5) is 7.50. The molecule has 1 saturated heterocycles. The van der Waals surface area contributed by atoms with Crippen LogP contribution in [0.15, 0.2) is 29.4 Å². The number of H-pyrrole nitrogens is 1. The highest BCUT2D eigenvalue weighted by atomic mass is 127. The molecule has 0 aliphatic carbocycles. The van der Waals surface area contributed by atoms with Crippen LogP contribution in [0.3, 0.4) is 0 Å². The van der Waals surface area contributed by atoms with Crippen LogP contribution >= 0.6 is 35.7 Å². The second kappa shape index (κ2) is 12.1. The highest BCUT2D eigenvalue weighted by Crippen LogP contribution is 2.19. The molecule has 168 valence electrons. The van der Waals surface area contributed by atoms with Crippen molar-refractivity contribution in [1.82, 2.24) is 19.9 Å². The van der Waals surface area contributed by atoms with Crippen molar-refractivity contribution in [2.45, 2.75) is 13.3 Å². The molecule has 1 aromatic carbocycles. The van der Waals surface area contributed by atoms with Gasteiger partial charge in [-0.2, -0.15) is 11.8 Å². The number of halogens is 2. The third-order valence-electron chi connectivity index (χ3n) is 4.74. The van der Waals surface area contributed by atoms with Crippen LogP contribution in [0.25, 0.3) is 10.9 Å². The monoisotopic (exact) mass is 569 g/mol. The number of aliphatic imine (C=N–C) groups is 1. The van der Waals surface area contributed by atoms with Crippen LogP contribution in [0.5, 0.6) is 0 Å². The summed E-state index contributed by atoms with van der Waals surface area (Å²) in [6.07, 6.45) is 2.62. The first-order valence-electron chi connectivity index (χ1n) is 9.83. The lowest BCUT2D eigenvalue weighted by atomic mass is 10.1. The average Bonchev–Trinajstić information content (AvgIpc) is 3.10. The molecule has 1 aromatic heterocycles. The zero-order valence-electron chi connectivity index (χ0n) is 17.0. The molecule has 1 fully saturated rings. The Morgan fingerprint density at radius 3 is 2.80 bits per heavy atom. The van der Waals surface area contributed by atoms with Crippen molar-refractivity contribution in [2.75, 3.05) is 50.0 Å². The number of benzene rings is 1. The maximum Gasteiger partial charge on any atom is 0.215 e. The number of aromatic amines is 1. The van der Waals surface area contributed by atoms with Crippen molar-refractivity contribution in [2.24, 2.45) is 4.99 Å². The molecule has 1 aliphatic heterocycles. The second-order valence-corrected chi connectivity index (χ2v) is 10.1. The standard InChI is InChI=1S/C19H28FN5O2S2.HI/c1-2-21-19(23-7-12-29(26,27)25-8-10-28-11-9-25)22-6-5-15-14-24-18-13-16(20)3-4-17(15)18;/h3-4,13-14,24H,2,5-12H2,1H3,(H2,21,22,23);1H. The van der Waals surface area contributed by atoms with Gasteiger partial charge < -0.3 is 15.6 Å². The molecule has 0 amide bonds. The number of nitrogens with one attached hydrogen (secondary N) is 3.